The van der Waals surface area contributed by atoms with Crippen LogP contribution < -0.4 is 0 Å². The summed E-state index contributed by atoms with van der Waals surface area (Å²) in [6.07, 6.45) is 0. The summed E-state index contributed by atoms with van der Waals surface area (Å²) in [6, 6.07) is 9.00. The van der Waals surface area contributed by atoms with Crippen LogP contribution in [-0.2, 0) is 7.53 Å². The zero-order valence-corrected chi connectivity index (χ0v) is 18.6. The van der Waals surface area contributed by atoms with E-state index < -0.39 is 41.3 Å². The van der Waals surface area contributed by atoms with E-state index in [1.807, 2.05) is 0 Å². The third-order valence-corrected chi connectivity index (χ3v) is 13.7. The Morgan fingerprint density at radius 2 is 1.09 bits per heavy atom. The van der Waals surface area contributed by atoms with Gasteiger partial charge < -0.3 is 0 Å². The SMILES string of the molecule is COI1OI(OC)c2cc(C)cc(C)c2-c2c(C)cc(C)cc21. The predicted octanol–water partition coefficient (Wildman–Crippen LogP) is 5.92. The van der Waals surface area contributed by atoms with Crippen LogP contribution in [0.15, 0.2) is 24.3 Å². The van der Waals surface area contributed by atoms with Crippen molar-refractivity contribution in [3.63, 3.8) is 0 Å². The fourth-order valence-corrected chi connectivity index (χ4v) is 14.7. The molecule has 3 nitrogen and oxygen atoms in total. The second-order valence-electron chi connectivity index (χ2n) is 5.68. The normalized spacial score (nSPS) is 16.8. The van der Waals surface area contributed by atoms with Gasteiger partial charge in [0.25, 0.3) is 0 Å². The summed E-state index contributed by atoms with van der Waals surface area (Å²) < 4.78 is 20.6. The van der Waals surface area contributed by atoms with Crippen molar-refractivity contribution in [2.75, 3.05) is 14.2 Å². The Morgan fingerprint density at radius 3 is 1.43 bits per heavy atom. The summed E-state index contributed by atoms with van der Waals surface area (Å²) >= 11 is -4.32. The van der Waals surface area contributed by atoms with Gasteiger partial charge in [0.2, 0.25) is 0 Å². The Hall–Kier alpha value is -0.220. The number of hydrogen-bond donors (Lipinski definition) is 0. The molecule has 23 heavy (non-hydrogen) atoms. The van der Waals surface area contributed by atoms with E-state index in [2.05, 4.69) is 52.0 Å². The molecule has 0 amide bonds. The molecule has 0 saturated carbocycles. The van der Waals surface area contributed by atoms with Crippen LogP contribution in [0.4, 0.5) is 0 Å². The van der Waals surface area contributed by atoms with Gasteiger partial charge in [-0.3, -0.25) is 0 Å². The molecule has 1 aliphatic heterocycles. The average molecular weight is 540 g/mol. The van der Waals surface area contributed by atoms with E-state index in [0.29, 0.717) is 0 Å². The van der Waals surface area contributed by atoms with Gasteiger partial charge in [0.15, 0.2) is 0 Å². The number of halogens is 2. The molecular weight excluding hydrogens is 518 g/mol. The molecule has 2 aromatic carbocycles. The van der Waals surface area contributed by atoms with E-state index >= 15 is 0 Å². The van der Waals surface area contributed by atoms with Crippen LogP contribution in [0.1, 0.15) is 22.3 Å². The molecule has 0 aliphatic carbocycles. The van der Waals surface area contributed by atoms with Crippen LogP contribution in [0.25, 0.3) is 11.1 Å². The van der Waals surface area contributed by atoms with Crippen molar-refractivity contribution in [2.45, 2.75) is 27.7 Å². The monoisotopic (exact) mass is 540 g/mol. The molecule has 0 saturated heterocycles. The van der Waals surface area contributed by atoms with Crippen LogP contribution in [0.5, 0.6) is 0 Å². The van der Waals surface area contributed by atoms with Gasteiger partial charge in [-0.05, 0) is 0 Å². The van der Waals surface area contributed by atoms with E-state index in [4.69, 9.17) is 7.53 Å². The van der Waals surface area contributed by atoms with Gasteiger partial charge in [-0.25, -0.2) is 0 Å². The molecule has 2 aromatic rings. The van der Waals surface area contributed by atoms with E-state index in [-0.39, 0.29) is 0 Å². The summed E-state index contributed by atoms with van der Waals surface area (Å²) in [7, 11) is 3.54. The van der Waals surface area contributed by atoms with E-state index in [1.54, 1.807) is 14.2 Å². The van der Waals surface area contributed by atoms with E-state index in [9.17, 15) is 0 Å². The van der Waals surface area contributed by atoms with Gasteiger partial charge in [0, 0.05) is 0 Å². The molecule has 1 heterocycles. The first-order valence-electron chi connectivity index (χ1n) is 7.37. The fraction of sp³-hybridized carbons (Fsp3) is 0.333. The van der Waals surface area contributed by atoms with Crippen LogP contribution in [0.2, 0.25) is 0 Å². The summed E-state index contributed by atoms with van der Waals surface area (Å²) in [6.45, 7) is 8.65. The Morgan fingerprint density at radius 1 is 0.696 bits per heavy atom. The van der Waals surface area contributed by atoms with Crippen LogP contribution in [0.3, 0.4) is 0 Å². The molecule has 0 radical (unpaired) electrons. The van der Waals surface area contributed by atoms with Crippen LogP contribution in [0, 0.1) is 34.8 Å². The first kappa shape index (κ1) is 17.6. The zero-order valence-electron chi connectivity index (χ0n) is 14.3. The molecule has 0 N–H and O–H groups in total. The number of benzene rings is 2. The molecular formula is C18H22I2O3. The third kappa shape index (κ3) is 3.18. The molecule has 1 aliphatic rings. The van der Waals surface area contributed by atoms with Crippen molar-refractivity contribution in [3.8, 4) is 11.1 Å². The van der Waals surface area contributed by atoms with Gasteiger partial charge >= 0.3 is 156 Å². The summed E-state index contributed by atoms with van der Waals surface area (Å²) in [5, 5.41) is 0. The number of aryl methyl sites for hydroxylation is 4. The average Bonchev–Trinajstić information content (AvgIpc) is 2.61. The van der Waals surface area contributed by atoms with Gasteiger partial charge in [0.05, 0.1) is 0 Å². The van der Waals surface area contributed by atoms with Gasteiger partial charge in [0.1, 0.15) is 0 Å². The molecule has 126 valence electrons. The first-order chi connectivity index (χ1) is 11.0. The second kappa shape index (κ2) is 6.95. The van der Waals surface area contributed by atoms with Gasteiger partial charge in [-0.2, -0.15) is 0 Å². The molecule has 3 rings (SSSR count). The minimum atomic E-state index is -2.16. The van der Waals surface area contributed by atoms with E-state index in [1.165, 1.54) is 40.5 Å². The minimum absolute atomic E-state index is 1.26. The molecule has 0 aromatic heterocycles. The maximum atomic E-state index is 6.45. The van der Waals surface area contributed by atoms with E-state index in [0.717, 1.165) is 0 Å². The van der Waals surface area contributed by atoms with Crippen LogP contribution >= 0.6 is 41.3 Å². The standard InChI is InChI=1S/C18H22I2O3/c1-11-7-13(3)17-15(9-11)19(21-5)23-20(22-6)16-10-12(2)8-14(4)18(16)17/h7-10H,1-6H3. The van der Waals surface area contributed by atoms with Gasteiger partial charge in [-0.15, -0.1) is 0 Å². The quantitative estimate of drug-likeness (QED) is 0.443. The predicted molar refractivity (Wildman–Crippen MR) is 111 cm³/mol. The van der Waals surface area contributed by atoms with Crippen LogP contribution in [-0.4, -0.2) is 14.2 Å². The van der Waals surface area contributed by atoms with Crippen molar-refractivity contribution in [1.29, 1.82) is 0 Å². The molecule has 0 fully saturated rings. The Labute approximate surface area is 154 Å². The molecule has 0 spiro atoms. The Balaban J connectivity index is 2.40. The second-order valence-corrected chi connectivity index (χ2v) is 14.8. The van der Waals surface area contributed by atoms with Crippen molar-refractivity contribution in [3.05, 3.63) is 53.7 Å². The topological polar surface area (TPSA) is 27.7 Å². The number of hydrogen-bond acceptors (Lipinski definition) is 3. The van der Waals surface area contributed by atoms with Gasteiger partial charge in [-0.1, -0.05) is 0 Å². The summed E-state index contributed by atoms with van der Waals surface area (Å²) in [5.41, 5.74) is 7.74. The molecule has 0 unspecified atom stereocenters. The van der Waals surface area contributed by atoms with Crippen molar-refractivity contribution in [2.24, 2.45) is 0 Å². The number of rotatable bonds is 2. The maximum absolute atomic E-state index is 6.45. The van der Waals surface area contributed by atoms with Crippen molar-refractivity contribution >= 4 is 41.3 Å². The molecule has 0 bridgehead atoms. The molecule has 0 atom stereocenters. The van der Waals surface area contributed by atoms with Crippen molar-refractivity contribution in [1.82, 2.24) is 0 Å². The Bertz CT molecular complexity index is 695. The Kier molecular flexibility index (Phi) is 5.32. The molecule has 5 heteroatoms. The third-order valence-electron chi connectivity index (χ3n) is 3.83. The number of fused-ring (bicyclic) bond motifs is 3. The zero-order chi connectivity index (χ0) is 16.7. The fourth-order valence-electron chi connectivity index (χ4n) is 3.03. The van der Waals surface area contributed by atoms with Crippen molar-refractivity contribution < 1.29 is 7.53 Å². The summed E-state index contributed by atoms with van der Waals surface area (Å²) in [4.78, 5) is 0. The first-order valence-corrected chi connectivity index (χ1v) is 13.1. The summed E-state index contributed by atoms with van der Waals surface area (Å²) in [5.74, 6) is 0.